The summed E-state index contributed by atoms with van der Waals surface area (Å²) in [7, 11) is 3.83. The summed E-state index contributed by atoms with van der Waals surface area (Å²) in [5.41, 5.74) is 0.906. The molecule has 0 bridgehead atoms. The summed E-state index contributed by atoms with van der Waals surface area (Å²) in [4.78, 5) is 1.92. The molecule has 1 N–H and O–H groups in total. The first-order valence-corrected chi connectivity index (χ1v) is 5.01. The Morgan fingerprint density at radius 3 is 2.67 bits per heavy atom. The second kappa shape index (κ2) is 4.06. The predicted octanol–water partition coefficient (Wildman–Crippen LogP) is 1.24. The molecular formula is C11H15FN2O. The summed E-state index contributed by atoms with van der Waals surface area (Å²) in [5.74, 6) is 0.356. The minimum absolute atomic E-state index is 0.172. The van der Waals surface area contributed by atoms with Gasteiger partial charge >= 0.3 is 0 Å². The lowest BCUT2D eigenvalue weighted by molar-refractivity contribution is 0.142. The van der Waals surface area contributed by atoms with Crippen LogP contribution in [-0.2, 0) is 0 Å². The van der Waals surface area contributed by atoms with Crippen molar-refractivity contribution < 1.29 is 9.13 Å². The second-order valence-corrected chi connectivity index (χ2v) is 3.90. The van der Waals surface area contributed by atoms with Crippen molar-refractivity contribution >= 4 is 5.69 Å². The second-order valence-electron chi connectivity index (χ2n) is 3.90. The Morgan fingerprint density at radius 2 is 2.13 bits per heavy atom. The largest absolute Gasteiger partial charge is 0.485 e. The van der Waals surface area contributed by atoms with Crippen LogP contribution in [0.5, 0.6) is 5.75 Å². The Labute approximate surface area is 88.8 Å². The molecule has 1 saturated heterocycles. The zero-order chi connectivity index (χ0) is 10.8. The smallest absolute Gasteiger partial charge is 0.146 e. The number of anilines is 1. The lowest BCUT2D eigenvalue weighted by atomic mass is 10.2. The number of hydrogen-bond donors (Lipinski definition) is 1. The molecule has 0 amide bonds. The fraction of sp³-hybridized carbons (Fsp3) is 0.455. The van der Waals surface area contributed by atoms with E-state index in [1.165, 1.54) is 12.1 Å². The molecule has 15 heavy (non-hydrogen) atoms. The van der Waals surface area contributed by atoms with Crippen LogP contribution in [0.15, 0.2) is 18.2 Å². The first-order chi connectivity index (χ1) is 7.16. The van der Waals surface area contributed by atoms with Gasteiger partial charge in [-0.1, -0.05) is 0 Å². The van der Waals surface area contributed by atoms with Crippen molar-refractivity contribution in [2.75, 3.05) is 32.1 Å². The van der Waals surface area contributed by atoms with Gasteiger partial charge in [0.25, 0.3) is 0 Å². The van der Waals surface area contributed by atoms with Gasteiger partial charge in [0.05, 0.1) is 5.69 Å². The van der Waals surface area contributed by atoms with Crippen LogP contribution in [0, 0.1) is 5.82 Å². The monoisotopic (exact) mass is 210 g/mol. The summed E-state index contributed by atoms with van der Waals surface area (Å²) in [5, 5.41) is 3.11. The quantitative estimate of drug-likeness (QED) is 0.812. The number of ether oxygens (including phenoxy) is 1. The number of halogens is 1. The molecule has 4 heteroatoms. The fourth-order valence-electron chi connectivity index (χ4n) is 1.48. The van der Waals surface area contributed by atoms with Gasteiger partial charge in [-0.15, -0.1) is 0 Å². The van der Waals surface area contributed by atoms with Crippen molar-refractivity contribution in [3.63, 3.8) is 0 Å². The van der Waals surface area contributed by atoms with Gasteiger partial charge in [0.15, 0.2) is 0 Å². The van der Waals surface area contributed by atoms with Crippen LogP contribution in [-0.4, -0.2) is 33.3 Å². The summed E-state index contributed by atoms with van der Waals surface area (Å²) in [6, 6.07) is 4.62. The van der Waals surface area contributed by atoms with Gasteiger partial charge in [0.1, 0.15) is 17.7 Å². The van der Waals surface area contributed by atoms with Crippen LogP contribution in [0.1, 0.15) is 0 Å². The normalized spacial score (nSPS) is 15.9. The van der Waals surface area contributed by atoms with Crippen molar-refractivity contribution in [2.24, 2.45) is 0 Å². The van der Waals surface area contributed by atoms with Crippen LogP contribution in [0.2, 0.25) is 0 Å². The van der Waals surface area contributed by atoms with Crippen molar-refractivity contribution in [1.82, 2.24) is 5.32 Å². The zero-order valence-electron chi connectivity index (χ0n) is 8.96. The molecule has 0 atom stereocenters. The highest BCUT2D eigenvalue weighted by molar-refractivity contribution is 5.57. The van der Waals surface area contributed by atoms with Crippen LogP contribution >= 0.6 is 0 Å². The lowest BCUT2D eigenvalue weighted by Gasteiger charge is -2.29. The van der Waals surface area contributed by atoms with Gasteiger partial charge in [-0.3, -0.25) is 0 Å². The molecule has 1 aliphatic heterocycles. The molecule has 3 nitrogen and oxygen atoms in total. The van der Waals surface area contributed by atoms with E-state index in [9.17, 15) is 4.39 Å². The topological polar surface area (TPSA) is 24.5 Å². The summed E-state index contributed by atoms with van der Waals surface area (Å²) >= 11 is 0. The molecule has 1 aliphatic rings. The van der Waals surface area contributed by atoms with E-state index in [0.717, 1.165) is 18.8 Å². The van der Waals surface area contributed by atoms with Gasteiger partial charge in [0.2, 0.25) is 0 Å². The maximum absolute atomic E-state index is 13.1. The summed E-state index contributed by atoms with van der Waals surface area (Å²) < 4.78 is 18.7. The first kappa shape index (κ1) is 10.2. The molecule has 1 aromatic carbocycles. The van der Waals surface area contributed by atoms with E-state index < -0.39 is 0 Å². The predicted molar refractivity (Wildman–Crippen MR) is 58.0 cm³/mol. The van der Waals surface area contributed by atoms with E-state index in [1.54, 1.807) is 6.07 Å². The Hall–Kier alpha value is -1.29. The average molecular weight is 210 g/mol. The highest BCUT2D eigenvalue weighted by Crippen LogP contribution is 2.28. The molecule has 1 aromatic rings. The Balaban J connectivity index is 2.21. The molecule has 0 aromatic heterocycles. The number of nitrogens with zero attached hydrogens (tertiary/aromatic N) is 1. The molecule has 0 unspecified atom stereocenters. The molecular weight excluding hydrogens is 195 g/mol. The van der Waals surface area contributed by atoms with Crippen molar-refractivity contribution in [3.8, 4) is 5.75 Å². The zero-order valence-corrected chi connectivity index (χ0v) is 8.96. The number of rotatable bonds is 3. The summed E-state index contributed by atoms with van der Waals surface area (Å²) in [6.07, 6.45) is 0.172. The van der Waals surface area contributed by atoms with Gasteiger partial charge in [-0.25, -0.2) is 4.39 Å². The molecule has 1 heterocycles. The van der Waals surface area contributed by atoms with Gasteiger partial charge < -0.3 is 15.0 Å². The standard InChI is InChI=1S/C11H15FN2O/c1-14(2)10-4-3-8(12)5-11(10)15-9-6-13-7-9/h3-5,9,13H,6-7H2,1-2H3. The molecule has 0 saturated carbocycles. The number of nitrogens with one attached hydrogen (secondary N) is 1. The maximum Gasteiger partial charge on any atom is 0.146 e. The van der Waals surface area contributed by atoms with E-state index in [-0.39, 0.29) is 11.9 Å². The van der Waals surface area contributed by atoms with Gasteiger partial charge in [0, 0.05) is 33.3 Å². The highest BCUT2D eigenvalue weighted by atomic mass is 19.1. The van der Waals surface area contributed by atoms with E-state index in [2.05, 4.69) is 5.32 Å². The number of hydrogen-bond acceptors (Lipinski definition) is 3. The third-order valence-electron chi connectivity index (χ3n) is 2.44. The minimum atomic E-state index is -0.261. The van der Waals surface area contributed by atoms with E-state index >= 15 is 0 Å². The van der Waals surface area contributed by atoms with Crippen molar-refractivity contribution in [1.29, 1.82) is 0 Å². The fourth-order valence-corrected chi connectivity index (χ4v) is 1.48. The number of benzene rings is 1. The lowest BCUT2D eigenvalue weighted by Crippen LogP contribution is -2.50. The Morgan fingerprint density at radius 1 is 1.40 bits per heavy atom. The molecule has 1 fully saturated rings. The van der Waals surface area contributed by atoms with Crippen LogP contribution in [0.25, 0.3) is 0 Å². The summed E-state index contributed by atoms with van der Waals surface area (Å²) in [6.45, 7) is 1.67. The molecule has 0 radical (unpaired) electrons. The molecule has 2 rings (SSSR count). The Bertz CT molecular complexity index is 350. The maximum atomic E-state index is 13.1. The van der Waals surface area contributed by atoms with Crippen molar-refractivity contribution in [2.45, 2.75) is 6.10 Å². The third kappa shape index (κ3) is 2.21. The van der Waals surface area contributed by atoms with Crippen LogP contribution in [0.4, 0.5) is 10.1 Å². The first-order valence-electron chi connectivity index (χ1n) is 5.01. The third-order valence-corrected chi connectivity index (χ3v) is 2.44. The van der Waals surface area contributed by atoms with Crippen LogP contribution < -0.4 is 15.0 Å². The van der Waals surface area contributed by atoms with Gasteiger partial charge in [-0.05, 0) is 12.1 Å². The van der Waals surface area contributed by atoms with E-state index in [0.29, 0.717) is 5.75 Å². The highest BCUT2D eigenvalue weighted by Gasteiger charge is 2.20. The van der Waals surface area contributed by atoms with E-state index in [4.69, 9.17) is 4.74 Å². The SMILES string of the molecule is CN(C)c1ccc(F)cc1OC1CNC1. The Kier molecular flexibility index (Phi) is 2.77. The molecule has 0 aliphatic carbocycles. The average Bonchev–Trinajstić information content (AvgIpc) is 2.11. The minimum Gasteiger partial charge on any atom is -0.485 e. The van der Waals surface area contributed by atoms with Gasteiger partial charge in [-0.2, -0.15) is 0 Å². The molecule has 82 valence electrons. The van der Waals surface area contributed by atoms with E-state index in [1.807, 2.05) is 19.0 Å². The van der Waals surface area contributed by atoms with Crippen LogP contribution in [0.3, 0.4) is 0 Å². The van der Waals surface area contributed by atoms with Crippen molar-refractivity contribution in [3.05, 3.63) is 24.0 Å². The molecule has 0 spiro atoms.